The summed E-state index contributed by atoms with van der Waals surface area (Å²) in [6.45, 7) is 3.76. The van der Waals surface area contributed by atoms with Gasteiger partial charge in [-0.2, -0.15) is 4.40 Å². The van der Waals surface area contributed by atoms with E-state index in [1.165, 1.54) is 0 Å². The Labute approximate surface area is 113 Å². The van der Waals surface area contributed by atoms with Gasteiger partial charge in [0, 0.05) is 6.20 Å². The average molecular weight is 263 g/mol. The maximum absolute atomic E-state index is 12.6. The van der Waals surface area contributed by atoms with Gasteiger partial charge in [0.2, 0.25) is 0 Å². The van der Waals surface area contributed by atoms with E-state index in [1.807, 2.05) is 26.0 Å². The Morgan fingerprint density at radius 2 is 1.60 bits per heavy atom. The maximum Gasteiger partial charge on any atom is 0.283 e. The number of nitrogens with zero attached hydrogens (tertiary/aromatic N) is 2. The van der Waals surface area contributed by atoms with Gasteiger partial charge < -0.3 is 0 Å². The summed E-state index contributed by atoms with van der Waals surface area (Å²) in [4.78, 5) is 25.3. The lowest BCUT2D eigenvalue weighted by molar-refractivity contribution is 1.10. The van der Waals surface area contributed by atoms with E-state index >= 15 is 0 Å². The number of aryl methyl sites for hydroxylation is 2. The van der Waals surface area contributed by atoms with Crippen LogP contribution in [0.3, 0.4) is 0 Å². The molecule has 4 heterocycles. The van der Waals surface area contributed by atoms with Crippen LogP contribution >= 0.6 is 0 Å². The quantitative estimate of drug-likeness (QED) is 0.455. The van der Waals surface area contributed by atoms with Crippen molar-refractivity contribution >= 4 is 21.8 Å². The molecule has 4 aromatic heterocycles. The molecule has 0 aromatic carbocycles. The fourth-order valence-electron chi connectivity index (χ4n) is 3.06. The molecule has 0 spiro atoms. The number of aromatic nitrogens is 2. The van der Waals surface area contributed by atoms with Gasteiger partial charge in [-0.25, -0.2) is 0 Å². The fraction of sp³-hybridized carbons (Fsp3) is 0.125. The topological polar surface area (TPSA) is 43.0 Å². The standard InChI is InChI=1S/C16H11N2O2/c1-9-11-5-3-7-17(11)16(20)14-10(2)12-6-4-8-18(12)15(19)13(9)14/h3,5-8H,1-2H3/q+1. The molecule has 0 saturated heterocycles. The smallest absolute Gasteiger partial charge is 0.283 e. The molecule has 0 aliphatic rings. The SMILES string of the molecule is Cc1c2c(=O)n3c[c+]cc3c(C)c2c(=O)n2cccc12. The highest BCUT2D eigenvalue weighted by Gasteiger charge is 2.21. The summed E-state index contributed by atoms with van der Waals surface area (Å²) in [5, 5.41) is 1.02. The van der Waals surface area contributed by atoms with Crippen molar-refractivity contribution in [3.63, 3.8) is 0 Å². The van der Waals surface area contributed by atoms with Crippen LogP contribution in [-0.2, 0) is 0 Å². The summed E-state index contributed by atoms with van der Waals surface area (Å²) in [7, 11) is 0. The molecule has 20 heavy (non-hydrogen) atoms. The molecule has 0 amide bonds. The molecule has 4 rings (SSSR count). The predicted octanol–water partition coefficient (Wildman–Crippen LogP) is 1.92. The van der Waals surface area contributed by atoms with Crippen molar-refractivity contribution in [1.29, 1.82) is 0 Å². The van der Waals surface area contributed by atoms with Gasteiger partial charge in [-0.3, -0.25) is 14.0 Å². The molecule has 0 bridgehead atoms. The van der Waals surface area contributed by atoms with E-state index in [1.54, 1.807) is 27.3 Å². The molecule has 0 unspecified atom stereocenters. The molecule has 0 radical (unpaired) electrons. The minimum Gasteiger partial charge on any atom is -0.283 e. The summed E-state index contributed by atoms with van der Waals surface area (Å²) in [5.41, 5.74) is 2.90. The van der Waals surface area contributed by atoms with Gasteiger partial charge in [-0.15, -0.1) is 0 Å². The van der Waals surface area contributed by atoms with Crippen molar-refractivity contribution in [2.45, 2.75) is 13.8 Å². The Morgan fingerprint density at radius 3 is 2.35 bits per heavy atom. The Kier molecular flexibility index (Phi) is 1.91. The van der Waals surface area contributed by atoms with E-state index in [0.29, 0.717) is 10.8 Å². The van der Waals surface area contributed by atoms with Gasteiger partial charge in [0.25, 0.3) is 11.1 Å². The fourth-order valence-corrected chi connectivity index (χ4v) is 3.06. The van der Waals surface area contributed by atoms with Gasteiger partial charge in [0.05, 0.1) is 21.9 Å². The van der Waals surface area contributed by atoms with E-state index in [4.69, 9.17) is 0 Å². The van der Waals surface area contributed by atoms with Crippen molar-refractivity contribution < 1.29 is 0 Å². The van der Waals surface area contributed by atoms with Gasteiger partial charge >= 0.3 is 0 Å². The van der Waals surface area contributed by atoms with Gasteiger partial charge in [0.1, 0.15) is 6.07 Å². The van der Waals surface area contributed by atoms with Crippen molar-refractivity contribution in [2.75, 3.05) is 0 Å². The van der Waals surface area contributed by atoms with Crippen LogP contribution in [0.25, 0.3) is 21.8 Å². The van der Waals surface area contributed by atoms with Crippen LogP contribution in [0.4, 0.5) is 0 Å². The normalized spacial score (nSPS) is 11.7. The predicted molar refractivity (Wildman–Crippen MR) is 77.9 cm³/mol. The highest BCUT2D eigenvalue weighted by Crippen LogP contribution is 2.22. The first-order valence-electron chi connectivity index (χ1n) is 6.39. The molecule has 96 valence electrons. The number of fused-ring (bicyclic) bond motifs is 3. The Bertz CT molecular complexity index is 1010. The lowest BCUT2D eigenvalue weighted by atomic mass is 10.0. The third kappa shape index (κ3) is 1.10. The van der Waals surface area contributed by atoms with Gasteiger partial charge in [-0.1, -0.05) is 0 Å². The Balaban J connectivity index is 2.54. The second-order valence-electron chi connectivity index (χ2n) is 5.07. The van der Waals surface area contributed by atoms with Crippen molar-refractivity contribution in [3.05, 3.63) is 68.5 Å². The third-order valence-electron chi connectivity index (χ3n) is 4.07. The average Bonchev–Trinajstić information content (AvgIpc) is 3.08. The largest absolute Gasteiger partial charge is 0.283 e. The summed E-state index contributed by atoms with van der Waals surface area (Å²) in [5.74, 6) is 0. The molecule has 0 fully saturated rings. The summed E-state index contributed by atoms with van der Waals surface area (Å²) in [6.07, 6.45) is 3.36. The van der Waals surface area contributed by atoms with Gasteiger partial charge in [0.15, 0.2) is 17.8 Å². The zero-order valence-electron chi connectivity index (χ0n) is 11.1. The van der Waals surface area contributed by atoms with E-state index < -0.39 is 0 Å². The van der Waals surface area contributed by atoms with Crippen LogP contribution in [0, 0.1) is 19.9 Å². The first-order chi connectivity index (χ1) is 9.61. The molecule has 0 aliphatic carbocycles. The summed E-state index contributed by atoms with van der Waals surface area (Å²) < 4.78 is 3.16. The van der Waals surface area contributed by atoms with Crippen LogP contribution in [0.2, 0.25) is 0 Å². The zero-order valence-corrected chi connectivity index (χ0v) is 11.1. The molecule has 0 saturated carbocycles. The van der Waals surface area contributed by atoms with Crippen LogP contribution in [0.15, 0.2) is 40.2 Å². The van der Waals surface area contributed by atoms with Crippen LogP contribution in [0.1, 0.15) is 11.1 Å². The third-order valence-corrected chi connectivity index (χ3v) is 4.07. The monoisotopic (exact) mass is 263 g/mol. The second-order valence-corrected chi connectivity index (χ2v) is 5.07. The molecule has 4 heteroatoms. The molecule has 4 nitrogen and oxygen atoms in total. The minimum absolute atomic E-state index is 0.135. The van der Waals surface area contributed by atoms with Crippen molar-refractivity contribution in [2.24, 2.45) is 0 Å². The van der Waals surface area contributed by atoms with E-state index in [9.17, 15) is 9.59 Å². The molecule has 4 aromatic rings. The van der Waals surface area contributed by atoms with Crippen molar-refractivity contribution in [1.82, 2.24) is 8.80 Å². The summed E-state index contributed by atoms with van der Waals surface area (Å²) >= 11 is 0. The highest BCUT2D eigenvalue weighted by atomic mass is 16.1. The first-order valence-corrected chi connectivity index (χ1v) is 6.39. The van der Waals surface area contributed by atoms with Crippen molar-refractivity contribution in [3.8, 4) is 0 Å². The molecule has 0 aliphatic heterocycles. The first kappa shape index (κ1) is 11.1. The molecule has 0 N–H and O–H groups in total. The maximum atomic E-state index is 12.6. The number of hydrogen-bond acceptors (Lipinski definition) is 2. The molecular weight excluding hydrogens is 252 g/mol. The number of hydrogen-bond donors (Lipinski definition) is 0. The zero-order chi connectivity index (χ0) is 14.0. The Morgan fingerprint density at radius 1 is 0.950 bits per heavy atom. The van der Waals surface area contributed by atoms with E-state index in [0.717, 1.165) is 22.2 Å². The second kappa shape index (κ2) is 3.44. The number of pyridine rings is 2. The Hall–Kier alpha value is -2.71. The minimum atomic E-state index is -0.153. The van der Waals surface area contributed by atoms with Gasteiger partial charge in [-0.05, 0) is 31.5 Å². The molecular formula is C16H11N2O2+. The van der Waals surface area contributed by atoms with Crippen LogP contribution in [0.5, 0.6) is 0 Å². The lowest BCUT2D eigenvalue weighted by Crippen LogP contribution is -2.22. The van der Waals surface area contributed by atoms with E-state index in [2.05, 4.69) is 6.07 Å². The van der Waals surface area contributed by atoms with Crippen LogP contribution in [-0.4, -0.2) is 8.80 Å². The lowest BCUT2D eigenvalue weighted by Gasteiger charge is -2.06. The van der Waals surface area contributed by atoms with E-state index in [-0.39, 0.29) is 11.1 Å². The summed E-state index contributed by atoms with van der Waals surface area (Å²) in [6, 6.07) is 8.34. The number of rotatable bonds is 0. The molecule has 0 atom stereocenters. The van der Waals surface area contributed by atoms with Crippen LogP contribution < -0.4 is 11.1 Å². The highest BCUT2D eigenvalue weighted by molar-refractivity contribution is 5.94.